The van der Waals surface area contributed by atoms with Gasteiger partial charge in [0.2, 0.25) is 10.0 Å². The third-order valence-corrected chi connectivity index (χ3v) is 6.13. The second-order valence-electron chi connectivity index (χ2n) is 5.60. The van der Waals surface area contributed by atoms with Crippen molar-refractivity contribution < 1.29 is 12.8 Å². The van der Waals surface area contributed by atoms with Crippen LogP contribution in [0.5, 0.6) is 0 Å². The van der Waals surface area contributed by atoms with Gasteiger partial charge in [0.25, 0.3) is 0 Å². The van der Waals surface area contributed by atoms with Crippen LogP contribution in [0.2, 0.25) is 0 Å². The Bertz CT molecular complexity index is 561. The Morgan fingerprint density at radius 3 is 2.14 bits per heavy atom. The summed E-state index contributed by atoms with van der Waals surface area (Å²) in [6, 6.07) is 2.51. The van der Waals surface area contributed by atoms with Gasteiger partial charge in [0, 0.05) is 12.6 Å². The van der Waals surface area contributed by atoms with E-state index in [0.717, 1.165) is 19.3 Å². The van der Waals surface area contributed by atoms with Crippen LogP contribution in [0, 0.1) is 19.7 Å². The molecule has 5 heteroatoms. The molecule has 0 saturated heterocycles. The van der Waals surface area contributed by atoms with Gasteiger partial charge >= 0.3 is 0 Å². The highest BCUT2D eigenvalue weighted by molar-refractivity contribution is 7.89. The van der Waals surface area contributed by atoms with Crippen molar-refractivity contribution in [2.45, 2.75) is 64.8 Å². The van der Waals surface area contributed by atoms with E-state index >= 15 is 0 Å². The Morgan fingerprint density at radius 2 is 1.71 bits per heavy atom. The fourth-order valence-corrected chi connectivity index (χ4v) is 4.68. The Kier molecular flexibility index (Phi) is 6.35. The Hall–Kier alpha value is -0.940. The number of sulfonamides is 1. The summed E-state index contributed by atoms with van der Waals surface area (Å²) in [5.74, 6) is -0.396. The minimum atomic E-state index is -3.60. The first-order chi connectivity index (χ1) is 9.75. The predicted octanol–water partition coefficient (Wildman–Crippen LogP) is 4.03. The van der Waals surface area contributed by atoms with Crippen molar-refractivity contribution in [2.75, 3.05) is 6.54 Å². The molecule has 0 aliphatic carbocycles. The smallest absolute Gasteiger partial charge is 0.207 e. The van der Waals surface area contributed by atoms with Crippen LogP contribution in [0.1, 0.15) is 51.2 Å². The highest BCUT2D eigenvalue weighted by atomic mass is 32.2. The van der Waals surface area contributed by atoms with Crippen LogP contribution in [0.25, 0.3) is 0 Å². The molecule has 120 valence electrons. The van der Waals surface area contributed by atoms with Crippen LogP contribution in [-0.4, -0.2) is 25.3 Å². The van der Waals surface area contributed by atoms with E-state index in [1.54, 1.807) is 18.2 Å². The zero-order valence-electron chi connectivity index (χ0n) is 13.6. The molecule has 0 amide bonds. The minimum Gasteiger partial charge on any atom is -0.207 e. The molecular formula is C16H26FNO2S. The SMILES string of the molecule is CCCCN(C(C)CC)S(=O)(=O)c1c(C)cc(F)cc1C. The van der Waals surface area contributed by atoms with Crippen LogP contribution in [0.4, 0.5) is 4.39 Å². The van der Waals surface area contributed by atoms with E-state index in [9.17, 15) is 12.8 Å². The summed E-state index contributed by atoms with van der Waals surface area (Å²) in [5.41, 5.74) is 0.939. The maximum absolute atomic E-state index is 13.4. The monoisotopic (exact) mass is 315 g/mol. The molecule has 0 bridgehead atoms. The molecule has 0 radical (unpaired) electrons. The fraction of sp³-hybridized carbons (Fsp3) is 0.625. The Balaban J connectivity index is 3.35. The summed E-state index contributed by atoms with van der Waals surface area (Å²) in [4.78, 5) is 0.250. The van der Waals surface area contributed by atoms with Crippen molar-refractivity contribution in [3.05, 3.63) is 29.1 Å². The third kappa shape index (κ3) is 4.04. The lowest BCUT2D eigenvalue weighted by Crippen LogP contribution is -2.39. The summed E-state index contributed by atoms with van der Waals surface area (Å²) in [6.45, 7) is 9.74. The maximum atomic E-state index is 13.4. The first-order valence-corrected chi connectivity index (χ1v) is 8.98. The van der Waals surface area contributed by atoms with Crippen molar-refractivity contribution in [3.63, 3.8) is 0 Å². The van der Waals surface area contributed by atoms with Crippen molar-refractivity contribution in [2.24, 2.45) is 0 Å². The molecule has 0 spiro atoms. The molecule has 3 nitrogen and oxygen atoms in total. The summed E-state index contributed by atoms with van der Waals surface area (Å²) < 4.78 is 41.0. The van der Waals surface area contributed by atoms with Crippen molar-refractivity contribution >= 4 is 10.0 Å². The quantitative estimate of drug-likeness (QED) is 0.762. The van der Waals surface area contributed by atoms with Crippen molar-refractivity contribution in [1.29, 1.82) is 0 Å². The molecule has 1 rings (SSSR count). The van der Waals surface area contributed by atoms with E-state index in [1.165, 1.54) is 12.1 Å². The van der Waals surface area contributed by atoms with Gasteiger partial charge < -0.3 is 0 Å². The molecule has 1 unspecified atom stereocenters. The molecule has 0 heterocycles. The van der Waals surface area contributed by atoms with Gasteiger partial charge in [0.1, 0.15) is 5.82 Å². The minimum absolute atomic E-state index is 0.0644. The second kappa shape index (κ2) is 7.36. The average Bonchev–Trinajstić information content (AvgIpc) is 2.36. The standard InChI is InChI=1S/C16H26FNO2S/c1-6-8-9-18(14(5)7-2)21(19,20)16-12(3)10-15(17)11-13(16)4/h10-11,14H,6-9H2,1-5H3. The van der Waals surface area contributed by atoms with Gasteiger partial charge in [-0.25, -0.2) is 12.8 Å². The van der Waals surface area contributed by atoms with Crippen LogP contribution >= 0.6 is 0 Å². The van der Waals surface area contributed by atoms with Gasteiger partial charge in [-0.2, -0.15) is 4.31 Å². The molecule has 0 aliphatic rings. The highest BCUT2D eigenvalue weighted by Gasteiger charge is 2.30. The first kappa shape index (κ1) is 18.1. The fourth-order valence-electron chi connectivity index (χ4n) is 2.52. The molecule has 0 fully saturated rings. The molecule has 0 saturated carbocycles. The van der Waals surface area contributed by atoms with Gasteiger partial charge in [-0.3, -0.25) is 0 Å². The summed E-state index contributed by atoms with van der Waals surface area (Å²) in [7, 11) is -3.60. The normalized spacial score (nSPS) is 13.7. The molecule has 1 atom stereocenters. The van der Waals surface area contributed by atoms with E-state index < -0.39 is 15.8 Å². The average molecular weight is 315 g/mol. The Labute approximate surface area is 128 Å². The molecule has 0 aromatic heterocycles. The lowest BCUT2D eigenvalue weighted by atomic mass is 10.1. The van der Waals surface area contributed by atoms with Crippen molar-refractivity contribution in [3.8, 4) is 0 Å². The Morgan fingerprint density at radius 1 is 1.19 bits per heavy atom. The lowest BCUT2D eigenvalue weighted by Gasteiger charge is -2.29. The molecule has 21 heavy (non-hydrogen) atoms. The lowest BCUT2D eigenvalue weighted by molar-refractivity contribution is 0.324. The number of aryl methyl sites for hydroxylation is 2. The summed E-state index contributed by atoms with van der Waals surface area (Å²) in [5, 5.41) is 0. The molecule has 0 N–H and O–H groups in total. The number of hydrogen-bond donors (Lipinski definition) is 0. The molecule has 1 aromatic rings. The van der Waals surface area contributed by atoms with Gasteiger partial charge in [-0.1, -0.05) is 20.3 Å². The molecule has 1 aromatic carbocycles. The van der Waals surface area contributed by atoms with E-state index in [-0.39, 0.29) is 10.9 Å². The maximum Gasteiger partial charge on any atom is 0.243 e. The van der Waals surface area contributed by atoms with Crippen LogP contribution in [0.3, 0.4) is 0 Å². The summed E-state index contributed by atoms with van der Waals surface area (Å²) in [6.07, 6.45) is 2.51. The zero-order chi connectivity index (χ0) is 16.2. The van der Waals surface area contributed by atoms with Gasteiger partial charge in [-0.15, -0.1) is 0 Å². The topological polar surface area (TPSA) is 37.4 Å². The van der Waals surface area contributed by atoms with E-state index in [4.69, 9.17) is 0 Å². The van der Waals surface area contributed by atoms with Crippen LogP contribution in [-0.2, 0) is 10.0 Å². The number of rotatable bonds is 7. The number of hydrogen-bond acceptors (Lipinski definition) is 2. The third-order valence-electron chi connectivity index (χ3n) is 3.81. The van der Waals surface area contributed by atoms with Gasteiger partial charge in [0.05, 0.1) is 4.90 Å². The molecular weight excluding hydrogens is 289 g/mol. The molecule has 0 aliphatic heterocycles. The van der Waals surface area contributed by atoms with Gasteiger partial charge in [0.15, 0.2) is 0 Å². The summed E-state index contributed by atoms with van der Waals surface area (Å²) >= 11 is 0. The van der Waals surface area contributed by atoms with Gasteiger partial charge in [-0.05, 0) is 56.9 Å². The number of halogens is 1. The van der Waals surface area contributed by atoms with Crippen LogP contribution in [0.15, 0.2) is 17.0 Å². The number of benzene rings is 1. The van der Waals surface area contributed by atoms with E-state index in [0.29, 0.717) is 17.7 Å². The number of unbranched alkanes of at least 4 members (excludes halogenated alkanes) is 1. The first-order valence-electron chi connectivity index (χ1n) is 7.54. The number of nitrogens with zero attached hydrogens (tertiary/aromatic N) is 1. The van der Waals surface area contributed by atoms with Crippen molar-refractivity contribution in [1.82, 2.24) is 4.31 Å². The van der Waals surface area contributed by atoms with E-state index in [1.807, 2.05) is 20.8 Å². The predicted molar refractivity (Wildman–Crippen MR) is 84.4 cm³/mol. The zero-order valence-corrected chi connectivity index (χ0v) is 14.4. The highest BCUT2D eigenvalue weighted by Crippen LogP contribution is 2.27. The largest absolute Gasteiger partial charge is 0.243 e. The second-order valence-corrected chi connectivity index (χ2v) is 7.42. The van der Waals surface area contributed by atoms with E-state index in [2.05, 4.69) is 0 Å². The van der Waals surface area contributed by atoms with Crippen LogP contribution < -0.4 is 0 Å².